The predicted molar refractivity (Wildman–Crippen MR) is 73.8 cm³/mol. The molecule has 0 aromatic carbocycles. The summed E-state index contributed by atoms with van der Waals surface area (Å²) in [5, 5.41) is 9.00. The molecule has 3 rings (SSSR count). The van der Waals surface area contributed by atoms with Gasteiger partial charge in [-0.2, -0.15) is 0 Å². The Labute approximate surface area is 121 Å². The molecule has 1 aliphatic carbocycles. The number of carboxylic acid groups (broad SMARTS) is 1. The maximum absolute atomic E-state index is 12.7. The number of aromatic nitrogens is 1. The zero-order chi connectivity index (χ0) is 15.0. The average Bonchev–Trinajstić information content (AvgIpc) is 2.71. The van der Waals surface area contributed by atoms with E-state index in [4.69, 9.17) is 5.11 Å². The Hall–Kier alpha value is -2.24. The van der Waals surface area contributed by atoms with Gasteiger partial charge in [-0.05, 0) is 18.9 Å². The molecule has 2 fully saturated rings. The number of carboxylic acids is 1. The van der Waals surface area contributed by atoms with Crippen molar-refractivity contribution in [3.05, 3.63) is 24.0 Å². The Morgan fingerprint density at radius 2 is 1.90 bits per heavy atom. The smallest absolute Gasteiger partial charge is 0.337 e. The quantitative estimate of drug-likeness (QED) is 0.841. The van der Waals surface area contributed by atoms with E-state index in [-0.39, 0.29) is 29.5 Å². The molecule has 0 radical (unpaired) electrons. The Kier molecular flexibility index (Phi) is 3.23. The van der Waals surface area contributed by atoms with Gasteiger partial charge >= 0.3 is 5.97 Å². The summed E-state index contributed by atoms with van der Waals surface area (Å²) >= 11 is 0. The number of anilines is 1. The molecule has 0 unspecified atom stereocenters. The standard InChI is InChI=1S/C15H16N2O4/c18-12-7-15(4-2-1-3-5-15)14(21)17(12)11-6-10(13(19)20)8-16-9-11/h6,8-9H,1-5,7H2,(H,19,20). The molecule has 0 bridgehead atoms. The maximum Gasteiger partial charge on any atom is 0.337 e. The average molecular weight is 288 g/mol. The number of carbonyl (C=O) groups is 3. The van der Waals surface area contributed by atoms with Gasteiger partial charge in [-0.25, -0.2) is 9.69 Å². The molecule has 1 aromatic rings. The van der Waals surface area contributed by atoms with E-state index in [0.29, 0.717) is 0 Å². The van der Waals surface area contributed by atoms with Crippen LogP contribution in [0.15, 0.2) is 18.5 Å². The normalized spacial score (nSPS) is 21.0. The molecule has 1 spiro atoms. The van der Waals surface area contributed by atoms with Crippen molar-refractivity contribution in [3.8, 4) is 0 Å². The van der Waals surface area contributed by atoms with Gasteiger partial charge in [0, 0.05) is 12.6 Å². The molecule has 1 aromatic heterocycles. The first-order valence-electron chi connectivity index (χ1n) is 7.09. The van der Waals surface area contributed by atoms with Crippen molar-refractivity contribution in [3.63, 3.8) is 0 Å². The van der Waals surface area contributed by atoms with Crippen LogP contribution in [0.4, 0.5) is 5.69 Å². The number of rotatable bonds is 2. The highest BCUT2D eigenvalue weighted by Crippen LogP contribution is 2.46. The number of carbonyl (C=O) groups excluding carboxylic acids is 2. The van der Waals surface area contributed by atoms with Gasteiger partial charge in [0.05, 0.1) is 22.9 Å². The highest BCUT2D eigenvalue weighted by molar-refractivity contribution is 6.22. The summed E-state index contributed by atoms with van der Waals surface area (Å²) in [5.74, 6) is -1.58. The first-order valence-corrected chi connectivity index (χ1v) is 7.09. The minimum Gasteiger partial charge on any atom is -0.478 e. The van der Waals surface area contributed by atoms with Gasteiger partial charge in [-0.1, -0.05) is 19.3 Å². The van der Waals surface area contributed by atoms with Crippen LogP contribution in [-0.2, 0) is 9.59 Å². The second-order valence-corrected chi connectivity index (χ2v) is 5.79. The maximum atomic E-state index is 12.7. The van der Waals surface area contributed by atoms with Crippen molar-refractivity contribution < 1.29 is 19.5 Å². The van der Waals surface area contributed by atoms with Crippen molar-refractivity contribution in [2.24, 2.45) is 5.41 Å². The fourth-order valence-electron chi connectivity index (χ4n) is 3.34. The number of hydrogen-bond donors (Lipinski definition) is 1. The fourth-order valence-corrected chi connectivity index (χ4v) is 3.34. The number of imide groups is 1. The third-order valence-electron chi connectivity index (χ3n) is 4.44. The van der Waals surface area contributed by atoms with E-state index in [0.717, 1.165) is 37.0 Å². The second-order valence-electron chi connectivity index (χ2n) is 5.79. The van der Waals surface area contributed by atoms with Crippen molar-refractivity contribution in [2.75, 3.05) is 4.90 Å². The summed E-state index contributed by atoms with van der Waals surface area (Å²) < 4.78 is 0. The van der Waals surface area contributed by atoms with Crippen LogP contribution >= 0.6 is 0 Å². The van der Waals surface area contributed by atoms with E-state index in [2.05, 4.69) is 4.98 Å². The van der Waals surface area contributed by atoms with Crippen LogP contribution in [-0.4, -0.2) is 27.9 Å². The van der Waals surface area contributed by atoms with Crippen molar-refractivity contribution >= 4 is 23.5 Å². The molecule has 2 heterocycles. The first kappa shape index (κ1) is 13.7. The van der Waals surface area contributed by atoms with Crippen LogP contribution in [0.3, 0.4) is 0 Å². The third-order valence-corrected chi connectivity index (χ3v) is 4.44. The van der Waals surface area contributed by atoms with E-state index < -0.39 is 11.4 Å². The molecule has 1 N–H and O–H groups in total. The van der Waals surface area contributed by atoms with Gasteiger partial charge in [-0.15, -0.1) is 0 Å². The molecule has 1 aliphatic heterocycles. The Morgan fingerprint density at radius 3 is 2.57 bits per heavy atom. The molecule has 110 valence electrons. The van der Waals surface area contributed by atoms with Crippen LogP contribution in [0.1, 0.15) is 48.9 Å². The summed E-state index contributed by atoms with van der Waals surface area (Å²) in [7, 11) is 0. The highest BCUT2D eigenvalue weighted by Gasteiger charge is 2.52. The SMILES string of the molecule is O=C(O)c1cncc(N2C(=O)CC3(CCCCC3)C2=O)c1. The van der Waals surface area contributed by atoms with E-state index in [1.807, 2.05) is 0 Å². The topological polar surface area (TPSA) is 87.6 Å². The lowest BCUT2D eigenvalue weighted by Crippen LogP contribution is -2.37. The molecular weight excluding hydrogens is 272 g/mol. The van der Waals surface area contributed by atoms with Gasteiger partial charge in [0.2, 0.25) is 11.8 Å². The zero-order valence-electron chi connectivity index (χ0n) is 11.5. The van der Waals surface area contributed by atoms with Crippen molar-refractivity contribution in [1.29, 1.82) is 0 Å². The molecular formula is C15H16N2O4. The number of pyridine rings is 1. The minimum atomic E-state index is -1.13. The summed E-state index contributed by atoms with van der Waals surface area (Å²) in [6.45, 7) is 0. The van der Waals surface area contributed by atoms with Crippen LogP contribution in [0.2, 0.25) is 0 Å². The lowest BCUT2D eigenvalue weighted by Gasteiger charge is -2.30. The van der Waals surface area contributed by atoms with E-state index >= 15 is 0 Å². The molecule has 2 amide bonds. The fraction of sp³-hybridized carbons (Fsp3) is 0.467. The zero-order valence-corrected chi connectivity index (χ0v) is 11.5. The van der Waals surface area contributed by atoms with E-state index in [9.17, 15) is 14.4 Å². The van der Waals surface area contributed by atoms with Crippen LogP contribution in [0.5, 0.6) is 0 Å². The second kappa shape index (κ2) is 4.95. The third kappa shape index (κ3) is 2.20. The lowest BCUT2D eigenvalue weighted by atomic mass is 9.73. The number of amides is 2. The van der Waals surface area contributed by atoms with Crippen LogP contribution < -0.4 is 4.90 Å². The van der Waals surface area contributed by atoms with Crippen LogP contribution in [0, 0.1) is 5.41 Å². The van der Waals surface area contributed by atoms with Gasteiger partial charge in [0.1, 0.15) is 0 Å². The number of aromatic carboxylic acids is 1. The van der Waals surface area contributed by atoms with Crippen molar-refractivity contribution in [2.45, 2.75) is 38.5 Å². The highest BCUT2D eigenvalue weighted by atomic mass is 16.4. The number of hydrogen-bond acceptors (Lipinski definition) is 4. The lowest BCUT2D eigenvalue weighted by molar-refractivity contribution is -0.127. The van der Waals surface area contributed by atoms with E-state index in [1.165, 1.54) is 18.5 Å². The summed E-state index contributed by atoms with van der Waals surface area (Å²) in [6.07, 6.45) is 7.28. The molecule has 2 aliphatic rings. The molecule has 1 saturated heterocycles. The predicted octanol–water partition coefficient (Wildman–Crippen LogP) is 1.99. The van der Waals surface area contributed by atoms with Crippen LogP contribution in [0.25, 0.3) is 0 Å². The monoisotopic (exact) mass is 288 g/mol. The summed E-state index contributed by atoms with van der Waals surface area (Å²) in [5.41, 5.74) is -0.348. The summed E-state index contributed by atoms with van der Waals surface area (Å²) in [6, 6.07) is 1.33. The minimum absolute atomic E-state index is 0.0299. The van der Waals surface area contributed by atoms with Gasteiger partial charge < -0.3 is 5.11 Å². The Balaban J connectivity index is 1.95. The van der Waals surface area contributed by atoms with E-state index in [1.54, 1.807) is 0 Å². The largest absolute Gasteiger partial charge is 0.478 e. The Bertz CT molecular complexity index is 620. The van der Waals surface area contributed by atoms with Gasteiger partial charge in [0.15, 0.2) is 0 Å². The molecule has 1 saturated carbocycles. The first-order chi connectivity index (χ1) is 10.0. The molecule has 21 heavy (non-hydrogen) atoms. The van der Waals surface area contributed by atoms with Gasteiger partial charge in [0.25, 0.3) is 0 Å². The molecule has 0 atom stereocenters. The molecule has 6 heteroatoms. The summed E-state index contributed by atoms with van der Waals surface area (Å²) in [4.78, 5) is 40.9. The Morgan fingerprint density at radius 1 is 1.19 bits per heavy atom. The number of nitrogens with zero attached hydrogens (tertiary/aromatic N) is 2. The molecule has 6 nitrogen and oxygen atoms in total. The van der Waals surface area contributed by atoms with Gasteiger partial charge in [-0.3, -0.25) is 14.6 Å². The van der Waals surface area contributed by atoms with Crippen molar-refractivity contribution in [1.82, 2.24) is 4.98 Å².